The van der Waals surface area contributed by atoms with E-state index in [1.165, 1.54) is 48.5 Å². The Kier molecular flexibility index (Phi) is 16.7. The molecule has 2 aromatic rings. The van der Waals surface area contributed by atoms with Gasteiger partial charge < -0.3 is 53.2 Å². The number of rotatable bonds is 17. The highest BCUT2D eigenvalue weighted by atomic mass is 16.8. The molecule has 6 aliphatic rings. The van der Waals surface area contributed by atoms with Gasteiger partial charge >= 0.3 is 18.1 Å². The Bertz CT molecular complexity index is 2490. The van der Waals surface area contributed by atoms with Gasteiger partial charge in [-0.3, -0.25) is 19.7 Å². The van der Waals surface area contributed by atoms with Gasteiger partial charge in [-0.1, -0.05) is 51.4 Å². The third-order valence-corrected chi connectivity index (χ3v) is 17.3. The van der Waals surface area contributed by atoms with Crippen molar-refractivity contribution in [2.24, 2.45) is 50.8 Å². The Hall–Kier alpha value is -5.62. The van der Waals surface area contributed by atoms with Crippen molar-refractivity contribution < 1.29 is 77.3 Å². The van der Waals surface area contributed by atoms with Crippen LogP contribution < -0.4 is 4.74 Å². The first-order valence-corrected chi connectivity index (χ1v) is 25.7. The lowest BCUT2D eigenvalue weighted by atomic mass is 9.46. The molecule has 0 radical (unpaired) electrons. The van der Waals surface area contributed by atoms with Gasteiger partial charge in [0.1, 0.15) is 53.3 Å². The van der Waals surface area contributed by atoms with Crippen LogP contribution in [0.3, 0.4) is 0 Å². The van der Waals surface area contributed by atoms with Crippen LogP contribution in [0.15, 0.2) is 70.5 Å². The average Bonchev–Trinajstić information content (AvgIpc) is 3.69. The molecule has 75 heavy (non-hydrogen) atoms. The summed E-state index contributed by atoms with van der Waals surface area (Å²) < 4.78 is 47.7. The number of allylic oxidation sites excluding steroid dienone is 1. The molecule has 4 aliphatic carbocycles. The molecule has 0 amide bonds. The Morgan fingerprint density at radius 2 is 1.56 bits per heavy atom. The van der Waals surface area contributed by atoms with E-state index < -0.39 is 115 Å². The minimum atomic E-state index is -1.80. The molecule has 5 fully saturated rings. The maximum Gasteiger partial charge on any atom is 0.514 e. The number of ketones is 1. The van der Waals surface area contributed by atoms with Crippen molar-refractivity contribution in [1.29, 1.82) is 0 Å². The van der Waals surface area contributed by atoms with Crippen molar-refractivity contribution in [2.75, 3.05) is 13.2 Å². The lowest BCUT2D eigenvalue weighted by molar-refractivity contribution is -0.384. The summed E-state index contributed by atoms with van der Waals surface area (Å²) in [6, 6.07) is 8.83. The molecule has 22 nitrogen and oxygen atoms in total. The number of nitrogens with zero attached hydrogens (tertiary/aromatic N) is 3. The lowest BCUT2D eigenvalue weighted by Gasteiger charge is -2.59. The molecule has 0 aromatic heterocycles. The molecule has 2 aromatic carbocycles. The molecule has 3 N–H and O–H groups in total. The van der Waals surface area contributed by atoms with Gasteiger partial charge in [-0.25, -0.2) is 9.59 Å². The van der Waals surface area contributed by atoms with E-state index in [0.717, 1.165) is 12.5 Å². The van der Waals surface area contributed by atoms with Crippen molar-refractivity contribution in [1.82, 2.24) is 0 Å². The van der Waals surface area contributed by atoms with Crippen LogP contribution in [-0.4, -0.2) is 124 Å². The van der Waals surface area contributed by atoms with E-state index in [9.17, 15) is 54.4 Å². The maximum absolute atomic E-state index is 14.3. The second-order valence-corrected chi connectivity index (χ2v) is 21.9. The van der Waals surface area contributed by atoms with Crippen LogP contribution in [0.1, 0.15) is 110 Å². The summed E-state index contributed by atoms with van der Waals surface area (Å²) in [5, 5.41) is 52.5. The highest BCUT2D eigenvalue weighted by Gasteiger charge is 2.71. The number of nitroso groups, excluding NO2 is 2. The van der Waals surface area contributed by atoms with Gasteiger partial charge in [0.25, 0.3) is 5.69 Å². The molecule has 2 saturated heterocycles. The number of nitro benzene ring substituents is 1. The smallest absolute Gasteiger partial charge is 0.454 e. The van der Waals surface area contributed by atoms with Crippen LogP contribution in [0.4, 0.5) is 16.2 Å². The van der Waals surface area contributed by atoms with Crippen LogP contribution in [0.2, 0.25) is 0 Å². The Morgan fingerprint density at radius 1 is 0.867 bits per heavy atom. The first kappa shape index (κ1) is 55.6. The monoisotopic (exact) mass is 1050 g/mol. The Labute approximate surface area is 433 Å². The average molecular weight is 1050 g/mol. The third kappa shape index (κ3) is 11.0. The number of carbonyl (C=O) groups excluding carboxylic acids is 4. The molecular weight excluding hydrogens is 983 g/mol. The number of ether oxygens (including phenoxy) is 8. The number of Topliss-reactive ketones (excluding diaryl/α,β-unsaturated/α-hetero) is 1. The predicted molar refractivity (Wildman–Crippen MR) is 262 cm³/mol. The molecule has 14 unspecified atom stereocenters. The van der Waals surface area contributed by atoms with E-state index in [-0.39, 0.29) is 70.4 Å². The van der Waals surface area contributed by atoms with Crippen LogP contribution in [0, 0.1) is 60.3 Å². The first-order chi connectivity index (χ1) is 35.6. The Balaban J connectivity index is 1.05. The Morgan fingerprint density at radius 3 is 2.21 bits per heavy atom. The zero-order chi connectivity index (χ0) is 54.1. The van der Waals surface area contributed by atoms with Crippen LogP contribution in [-0.2, 0) is 42.7 Å². The molecule has 3 saturated carbocycles. The van der Waals surface area contributed by atoms with Gasteiger partial charge in [0.2, 0.25) is 0 Å². The molecule has 17 atom stereocenters. The largest absolute Gasteiger partial charge is 0.514 e. The number of non-ortho nitro benzene ring substituents is 1. The minimum absolute atomic E-state index is 0.0147. The van der Waals surface area contributed by atoms with E-state index in [4.69, 9.17) is 37.9 Å². The van der Waals surface area contributed by atoms with Gasteiger partial charge in [-0.15, -0.1) is 4.91 Å². The van der Waals surface area contributed by atoms with Crippen molar-refractivity contribution >= 4 is 35.3 Å². The highest BCUT2D eigenvalue weighted by molar-refractivity contribution is 5.90. The highest BCUT2D eigenvalue weighted by Crippen LogP contribution is 2.69. The number of esters is 2. The summed E-state index contributed by atoms with van der Waals surface area (Å²) in [6.45, 7) is 10.2. The molecular formula is C53H67N3O19. The number of nitro groups is 1. The van der Waals surface area contributed by atoms with Crippen LogP contribution >= 0.6 is 0 Å². The fourth-order valence-corrected chi connectivity index (χ4v) is 13.1. The molecule has 22 heteroatoms. The number of fused-ring (bicyclic) bond motifs is 5. The molecule has 8 rings (SSSR count). The van der Waals surface area contributed by atoms with Gasteiger partial charge in [-0.2, -0.15) is 4.91 Å². The maximum atomic E-state index is 14.3. The summed E-state index contributed by atoms with van der Waals surface area (Å²) in [6.07, 6.45) is -7.01. The minimum Gasteiger partial charge on any atom is -0.454 e. The molecule has 0 bridgehead atoms. The summed E-state index contributed by atoms with van der Waals surface area (Å²) in [7, 11) is 0. The second-order valence-electron chi connectivity index (χ2n) is 21.9. The lowest BCUT2D eigenvalue weighted by Crippen LogP contribution is -2.64. The van der Waals surface area contributed by atoms with Crippen molar-refractivity contribution in [3.05, 3.63) is 85.7 Å². The number of hydrogen-bond acceptors (Lipinski definition) is 21. The fraction of sp³-hybridized carbons (Fsp3) is 0.660. The molecule has 0 spiro atoms. The number of benzene rings is 2. The SMILES string of the molecule is CC(=O)OC1C(OC2C[C@H]3C4CC=C5CC(OC(=O)Oc6ccc([N+](=O)[O-])cc6)CCC5(C)C4CCC3(C)[C@@]2(O)[C@H](C)C(=O)CCC(C)C)OCC(N=O)C1OC1OCC(O)C(O)C1OC(=O)c1ccc(N=O)cc1. The molecule has 2 aliphatic heterocycles. The van der Waals surface area contributed by atoms with E-state index in [0.29, 0.717) is 44.9 Å². The van der Waals surface area contributed by atoms with E-state index in [1.807, 2.05) is 20.8 Å². The quantitative estimate of drug-likeness (QED) is 0.0266. The van der Waals surface area contributed by atoms with E-state index in [2.05, 4.69) is 23.4 Å². The normalized spacial score (nSPS) is 36.6. The van der Waals surface area contributed by atoms with Gasteiger partial charge in [0.05, 0.1) is 29.8 Å². The molecule has 2 heterocycles. The zero-order valence-corrected chi connectivity index (χ0v) is 42.8. The summed E-state index contributed by atoms with van der Waals surface area (Å²) in [5.41, 5.74) is -1.99. The van der Waals surface area contributed by atoms with E-state index >= 15 is 0 Å². The predicted octanol–water partition coefficient (Wildman–Crippen LogP) is 7.32. The second kappa shape index (κ2) is 22.5. The van der Waals surface area contributed by atoms with Crippen LogP contribution in [0.25, 0.3) is 0 Å². The fourth-order valence-electron chi connectivity index (χ4n) is 13.1. The van der Waals surface area contributed by atoms with Gasteiger partial charge in [0.15, 0.2) is 24.8 Å². The zero-order valence-electron chi connectivity index (χ0n) is 42.8. The first-order valence-electron chi connectivity index (χ1n) is 25.7. The van der Waals surface area contributed by atoms with Crippen LogP contribution in [0.5, 0.6) is 5.75 Å². The molecule has 408 valence electrons. The van der Waals surface area contributed by atoms with Crippen molar-refractivity contribution in [3.8, 4) is 5.75 Å². The number of hydrogen-bond donors (Lipinski definition) is 3. The summed E-state index contributed by atoms with van der Waals surface area (Å²) in [5.74, 6) is -2.65. The van der Waals surface area contributed by atoms with Gasteiger partial charge in [-0.05, 0) is 116 Å². The number of carbonyl (C=O) groups is 4. The van der Waals surface area contributed by atoms with E-state index in [1.54, 1.807) is 6.92 Å². The number of aliphatic hydroxyl groups is 3. The topological polar surface area (TPSA) is 305 Å². The van der Waals surface area contributed by atoms with Crippen molar-refractivity contribution in [3.63, 3.8) is 0 Å². The summed E-state index contributed by atoms with van der Waals surface area (Å²) in [4.78, 5) is 87.6. The van der Waals surface area contributed by atoms with Gasteiger partial charge in [0, 0.05) is 43.2 Å². The van der Waals surface area contributed by atoms with Crippen molar-refractivity contribution in [2.45, 2.75) is 166 Å². The summed E-state index contributed by atoms with van der Waals surface area (Å²) >= 11 is 0. The number of aliphatic hydroxyl groups excluding tert-OH is 2. The standard InChI is InChI=1S/C53H67N3O19/c1-27(2)7-18-40(58)28(3)53(63)42(24-38-36-17-10-31-23-35(19-21-51(31,5)37(36)20-22-52(38,53)6)72-50(62)71-34-15-13-33(14-16-34)56(66)67)73-49-46(70-29(4)57)44(39(55-65)25-68-49)75-48-45(43(60)41(59)26-69-48)74-47(61)30-8-11-32(54-64)12-9-30/h8-16,27-28,35-39,41-46,48-49,59-60,63H,7,17-26H2,1-6H3/t28-,35?,36?,37?,38+,39?,41?,42?,43?,44?,45?,46?,48?,49?,51?,52?,53-/m1/s1. The third-order valence-electron chi connectivity index (χ3n) is 17.3.